The monoisotopic (exact) mass is 289 g/mol. The maximum atomic E-state index is 12.6. The van der Waals surface area contributed by atoms with Crippen molar-refractivity contribution in [3.63, 3.8) is 0 Å². The first-order valence-electron chi connectivity index (χ1n) is 7.80. The van der Waals surface area contributed by atoms with E-state index in [9.17, 15) is 9.90 Å². The first-order chi connectivity index (χ1) is 10.2. The molecule has 1 amide bonds. The van der Waals surface area contributed by atoms with Gasteiger partial charge in [0.1, 0.15) is 5.75 Å². The van der Waals surface area contributed by atoms with Gasteiger partial charge in [-0.25, -0.2) is 0 Å². The van der Waals surface area contributed by atoms with Crippen molar-refractivity contribution in [1.82, 2.24) is 4.90 Å². The molecule has 1 atom stereocenters. The van der Waals surface area contributed by atoms with E-state index in [1.54, 1.807) is 4.90 Å². The SMILES string of the molecule is CCOc1ccccc1CN(CCO)C(=O)C1CC12CC2. The van der Waals surface area contributed by atoms with Gasteiger partial charge in [-0.05, 0) is 37.7 Å². The van der Waals surface area contributed by atoms with Gasteiger partial charge in [0, 0.05) is 24.6 Å². The molecule has 114 valence electrons. The smallest absolute Gasteiger partial charge is 0.226 e. The van der Waals surface area contributed by atoms with Crippen LogP contribution in [0.2, 0.25) is 0 Å². The zero-order valence-electron chi connectivity index (χ0n) is 12.5. The van der Waals surface area contributed by atoms with Gasteiger partial charge in [0.15, 0.2) is 0 Å². The molecular formula is C17H23NO3. The highest BCUT2D eigenvalue weighted by Gasteiger charge is 2.66. The van der Waals surface area contributed by atoms with Gasteiger partial charge in [-0.3, -0.25) is 4.79 Å². The Hall–Kier alpha value is -1.55. The molecule has 0 heterocycles. The summed E-state index contributed by atoms with van der Waals surface area (Å²) in [5.74, 6) is 1.23. The van der Waals surface area contributed by atoms with Gasteiger partial charge >= 0.3 is 0 Å². The number of carbonyl (C=O) groups is 1. The highest BCUT2D eigenvalue weighted by atomic mass is 16.5. The molecule has 4 heteroatoms. The number of para-hydroxylation sites is 1. The Kier molecular flexibility index (Phi) is 3.89. The van der Waals surface area contributed by atoms with Crippen LogP contribution in [-0.2, 0) is 11.3 Å². The second-order valence-corrected chi connectivity index (χ2v) is 6.14. The van der Waals surface area contributed by atoms with Crippen LogP contribution in [0.4, 0.5) is 0 Å². The molecule has 2 aliphatic rings. The Balaban J connectivity index is 1.71. The molecule has 21 heavy (non-hydrogen) atoms. The lowest BCUT2D eigenvalue weighted by Crippen LogP contribution is -2.34. The fourth-order valence-corrected chi connectivity index (χ4v) is 3.15. The van der Waals surface area contributed by atoms with E-state index in [4.69, 9.17) is 4.74 Å². The van der Waals surface area contributed by atoms with E-state index in [0.29, 0.717) is 25.1 Å². The van der Waals surface area contributed by atoms with Crippen molar-refractivity contribution in [2.45, 2.75) is 32.7 Å². The van der Waals surface area contributed by atoms with Gasteiger partial charge in [-0.15, -0.1) is 0 Å². The lowest BCUT2D eigenvalue weighted by Gasteiger charge is -2.23. The molecule has 4 nitrogen and oxygen atoms in total. The van der Waals surface area contributed by atoms with E-state index < -0.39 is 0 Å². The normalized spacial score (nSPS) is 21.1. The van der Waals surface area contributed by atoms with E-state index in [2.05, 4.69) is 0 Å². The third-order valence-electron chi connectivity index (χ3n) is 4.70. The molecule has 1 aromatic rings. The van der Waals surface area contributed by atoms with E-state index >= 15 is 0 Å². The first-order valence-corrected chi connectivity index (χ1v) is 7.80. The summed E-state index contributed by atoms with van der Waals surface area (Å²) >= 11 is 0. The fourth-order valence-electron chi connectivity index (χ4n) is 3.15. The highest BCUT2D eigenvalue weighted by molar-refractivity contribution is 5.83. The Labute approximate surface area is 125 Å². The largest absolute Gasteiger partial charge is 0.494 e. The van der Waals surface area contributed by atoms with Crippen LogP contribution in [0.5, 0.6) is 5.75 Å². The summed E-state index contributed by atoms with van der Waals surface area (Å²) in [7, 11) is 0. The number of carbonyl (C=O) groups excluding carboxylic acids is 1. The minimum absolute atomic E-state index is 0.00224. The molecule has 1 spiro atoms. The summed E-state index contributed by atoms with van der Waals surface area (Å²) in [5.41, 5.74) is 1.36. The van der Waals surface area contributed by atoms with Crippen molar-refractivity contribution in [3.8, 4) is 5.75 Å². The number of aliphatic hydroxyl groups excluding tert-OH is 1. The Morgan fingerprint density at radius 1 is 1.43 bits per heavy atom. The van der Waals surface area contributed by atoms with E-state index in [-0.39, 0.29) is 18.4 Å². The minimum atomic E-state index is 0.00224. The molecule has 0 saturated heterocycles. The van der Waals surface area contributed by atoms with Crippen LogP contribution in [-0.4, -0.2) is 35.7 Å². The van der Waals surface area contributed by atoms with E-state index in [0.717, 1.165) is 17.7 Å². The highest BCUT2D eigenvalue weighted by Crippen LogP contribution is 2.71. The summed E-state index contributed by atoms with van der Waals surface area (Å²) in [6.45, 7) is 3.47. The topological polar surface area (TPSA) is 49.8 Å². The zero-order chi connectivity index (χ0) is 14.9. The Bertz CT molecular complexity index is 525. The molecule has 0 aliphatic heterocycles. The third kappa shape index (κ3) is 2.91. The number of aliphatic hydroxyl groups is 1. The summed E-state index contributed by atoms with van der Waals surface area (Å²) in [6, 6.07) is 7.81. The maximum absolute atomic E-state index is 12.6. The second kappa shape index (κ2) is 5.68. The number of nitrogens with zero attached hydrogens (tertiary/aromatic N) is 1. The third-order valence-corrected chi connectivity index (χ3v) is 4.70. The molecule has 0 radical (unpaired) electrons. The van der Waals surface area contributed by atoms with Crippen LogP contribution in [0, 0.1) is 11.3 Å². The van der Waals surface area contributed by atoms with Crippen molar-refractivity contribution in [2.75, 3.05) is 19.8 Å². The number of rotatable bonds is 7. The van der Waals surface area contributed by atoms with Crippen molar-refractivity contribution in [3.05, 3.63) is 29.8 Å². The minimum Gasteiger partial charge on any atom is -0.494 e. The quantitative estimate of drug-likeness (QED) is 0.837. The van der Waals surface area contributed by atoms with Crippen LogP contribution in [0.15, 0.2) is 24.3 Å². The summed E-state index contributed by atoms with van der Waals surface area (Å²) in [5, 5.41) is 9.26. The summed E-state index contributed by atoms with van der Waals surface area (Å²) < 4.78 is 5.62. The number of benzene rings is 1. The average Bonchev–Trinajstić information content (AvgIpc) is 3.40. The van der Waals surface area contributed by atoms with Gasteiger partial charge in [-0.2, -0.15) is 0 Å². The van der Waals surface area contributed by atoms with Gasteiger partial charge < -0.3 is 14.7 Å². The summed E-state index contributed by atoms with van der Waals surface area (Å²) in [6.07, 6.45) is 3.44. The molecule has 2 aliphatic carbocycles. The van der Waals surface area contributed by atoms with Gasteiger partial charge in [0.2, 0.25) is 5.91 Å². The van der Waals surface area contributed by atoms with Crippen molar-refractivity contribution >= 4 is 5.91 Å². The molecule has 2 saturated carbocycles. The maximum Gasteiger partial charge on any atom is 0.226 e. The molecule has 2 fully saturated rings. The fraction of sp³-hybridized carbons (Fsp3) is 0.588. The molecule has 0 bridgehead atoms. The number of hydrogen-bond acceptors (Lipinski definition) is 3. The Morgan fingerprint density at radius 2 is 2.19 bits per heavy atom. The average molecular weight is 289 g/mol. The van der Waals surface area contributed by atoms with Crippen LogP contribution in [0.25, 0.3) is 0 Å². The predicted molar refractivity (Wildman–Crippen MR) is 79.9 cm³/mol. The first kappa shape index (κ1) is 14.4. The lowest BCUT2D eigenvalue weighted by atomic mass is 10.1. The molecule has 1 aromatic carbocycles. The van der Waals surface area contributed by atoms with Crippen molar-refractivity contribution in [2.24, 2.45) is 11.3 Å². The second-order valence-electron chi connectivity index (χ2n) is 6.14. The molecule has 3 rings (SSSR count). The Morgan fingerprint density at radius 3 is 2.81 bits per heavy atom. The molecular weight excluding hydrogens is 266 g/mol. The molecule has 1 N–H and O–H groups in total. The van der Waals surface area contributed by atoms with Crippen LogP contribution < -0.4 is 4.74 Å². The standard InChI is InChI=1S/C17H23NO3/c1-2-21-15-6-4-3-5-13(15)12-18(9-10-19)16(20)14-11-17(14)7-8-17/h3-6,14,19H,2,7-12H2,1H3. The molecule has 0 aromatic heterocycles. The summed E-state index contributed by atoms with van der Waals surface area (Å²) in [4.78, 5) is 14.4. The van der Waals surface area contributed by atoms with Gasteiger partial charge in [-0.1, -0.05) is 18.2 Å². The van der Waals surface area contributed by atoms with E-state index in [1.807, 2.05) is 31.2 Å². The zero-order valence-corrected chi connectivity index (χ0v) is 12.5. The molecule has 1 unspecified atom stereocenters. The number of amides is 1. The number of ether oxygens (including phenoxy) is 1. The van der Waals surface area contributed by atoms with Crippen molar-refractivity contribution in [1.29, 1.82) is 0 Å². The predicted octanol–water partition coefficient (Wildman–Crippen LogP) is 2.21. The van der Waals surface area contributed by atoms with E-state index in [1.165, 1.54) is 12.8 Å². The number of hydrogen-bond donors (Lipinski definition) is 1. The van der Waals surface area contributed by atoms with Crippen LogP contribution >= 0.6 is 0 Å². The van der Waals surface area contributed by atoms with Gasteiger partial charge in [0.25, 0.3) is 0 Å². The van der Waals surface area contributed by atoms with Crippen molar-refractivity contribution < 1.29 is 14.6 Å². The van der Waals surface area contributed by atoms with Gasteiger partial charge in [0.05, 0.1) is 13.2 Å². The lowest BCUT2D eigenvalue weighted by molar-refractivity contribution is -0.134. The van der Waals surface area contributed by atoms with Crippen LogP contribution in [0.1, 0.15) is 31.7 Å². The van der Waals surface area contributed by atoms with Crippen LogP contribution in [0.3, 0.4) is 0 Å².